The molecule has 0 aliphatic heterocycles. The minimum atomic E-state index is -0.998. The van der Waals surface area contributed by atoms with Gasteiger partial charge < -0.3 is 5.73 Å². The Kier molecular flexibility index (Phi) is 2.28. The van der Waals surface area contributed by atoms with E-state index in [-0.39, 0.29) is 0 Å². The van der Waals surface area contributed by atoms with E-state index in [0.717, 1.165) is 19.3 Å². The van der Waals surface area contributed by atoms with E-state index in [2.05, 4.69) is 4.84 Å². The molecule has 0 aromatic rings. The lowest BCUT2D eigenvalue weighted by molar-refractivity contribution is -0.782. The number of nitrogens with two attached hydrogens (primary N) is 1. The molecule has 5 nitrogen and oxygen atoms in total. The Bertz CT molecular complexity index is 154. The molecule has 0 amide bonds. The Morgan fingerprint density at radius 2 is 1.91 bits per heavy atom. The Hall–Kier alpha value is -0.840. The van der Waals surface area contributed by atoms with E-state index >= 15 is 0 Å². The van der Waals surface area contributed by atoms with Crippen molar-refractivity contribution in [3.63, 3.8) is 0 Å². The maximum absolute atomic E-state index is 9.98. The molecule has 1 rings (SSSR count). The van der Waals surface area contributed by atoms with E-state index in [0.29, 0.717) is 12.8 Å². The van der Waals surface area contributed by atoms with Gasteiger partial charge >= 0.3 is 0 Å². The SMILES string of the molecule is NC1(O[N+](=O)[O-])CCCCC1. The lowest BCUT2D eigenvalue weighted by atomic mass is 9.93. The molecule has 1 aliphatic rings. The third-order valence-corrected chi connectivity index (χ3v) is 1.96. The zero-order valence-corrected chi connectivity index (χ0v) is 6.28. The van der Waals surface area contributed by atoms with Crippen molar-refractivity contribution < 1.29 is 9.92 Å². The second-order valence-electron chi connectivity index (χ2n) is 2.94. The smallest absolute Gasteiger partial charge is 0.296 e. The molecule has 0 saturated heterocycles. The second-order valence-corrected chi connectivity index (χ2v) is 2.94. The number of nitrogens with zero attached hydrogens (tertiary/aromatic N) is 1. The normalized spacial score (nSPS) is 22.6. The van der Waals surface area contributed by atoms with Crippen LogP contribution in [-0.4, -0.2) is 10.8 Å². The largest absolute Gasteiger partial charge is 0.304 e. The van der Waals surface area contributed by atoms with Crippen LogP contribution in [0, 0.1) is 10.1 Å². The van der Waals surface area contributed by atoms with E-state index in [1.165, 1.54) is 0 Å². The summed E-state index contributed by atoms with van der Waals surface area (Å²) in [6, 6.07) is 0. The minimum Gasteiger partial charge on any atom is -0.304 e. The first-order valence-electron chi connectivity index (χ1n) is 3.75. The third kappa shape index (κ3) is 2.34. The maximum atomic E-state index is 9.98. The highest BCUT2D eigenvalue weighted by molar-refractivity contribution is 4.76. The molecule has 64 valence electrons. The van der Waals surface area contributed by atoms with Crippen molar-refractivity contribution in [2.75, 3.05) is 0 Å². The van der Waals surface area contributed by atoms with Gasteiger partial charge in [-0.15, -0.1) is 10.1 Å². The van der Waals surface area contributed by atoms with Crippen LogP contribution in [0.5, 0.6) is 0 Å². The Labute approximate surface area is 64.6 Å². The van der Waals surface area contributed by atoms with Crippen LogP contribution in [-0.2, 0) is 4.84 Å². The fourth-order valence-electron chi connectivity index (χ4n) is 1.39. The summed E-state index contributed by atoms with van der Waals surface area (Å²) < 4.78 is 0. The summed E-state index contributed by atoms with van der Waals surface area (Å²) in [5.74, 6) is 0. The molecule has 0 heterocycles. The third-order valence-electron chi connectivity index (χ3n) is 1.96. The van der Waals surface area contributed by atoms with Gasteiger partial charge in [-0.05, 0) is 25.7 Å². The topological polar surface area (TPSA) is 78.4 Å². The molecular formula is C6H12N2O3. The molecule has 0 atom stereocenters. The molecule has 0 aromatic carbocycles. The van der Waals surface area contributed by atoms with Gasteiger partial charge in [0.2, 0.25) is 0 Å². The molecule has 1 aliphatic carbocycles. The molecule has 0 radical (unpaired) electrons. The number of rotatable bonds is 2. The Balaban J connectivity index is 2.43. The van der Waals surface area contributed by atoms with Crippen LogP contribution in [0.1, 0.15) is 32.1 Å². The maximum Gasteiger partial charge on any atom is 0.296 e. The van der Waals surface area contributed by atoms with Crippen molar-refractivity contribution in [2.45, 2.75) is 37.8 Å². The molecule has 0 aromatic heterocycles. The van der Waals surface area contributed by atoms with Crippen LogP contribution < -0.4 is 5.73 Å². The van der Waals surface area contributed by atoms with E-state index in [1.54, 1.807) is 0 Å². The zero-order valence-electron chi connectivity index (χ0n) is 6.28. The van der Waals surface area contributed by atoms with E-state index < -0.39 is 10.8 Å². The summed E-state index contributed by atoms with van der Waals surface area (Å²) in [4.78, 5) is 14.4. The average molecular weight is 160 g/mol. The highest BCUT2D eigenvalue weighted by Crippen LogP contribution is 2.26. The summed E-state index contributed by atoms with van der Waals surface area (Å²) in [5, 5.41) is 9.18. The molecule has 1 saturated carbocycles. The first kappa shape index (κ1) is 8.26. The van der Waals surface area contributed by atoms with Gasteiger partial charge in [-0.25, -0.2) is 0 Å². The van der Waals surface area contributed by atoms with Gasteiger partial charge in [0.15, 0.2) is 5.72 Å². The van der Waals surface area contributed by atoms with Crippen molar-refractivity contribution in [1.29, 1.82) is 0 Å². The van der Waals surface area contributed by atoms with Crippen molar-refractivity contribution in [3.8, 4) is 0 Å². The number of hydrogen-bond acceptors (Lipinski definition) is 4. The summed E-state index contributed by atoms with van der Waals surface area (Å²) in [5.41, 5.74) is 4.60. The van der Waals surface area contributed by atoms with Crippen molar-refractivity contribution in [2.24, 2.45) is 5.73 Å². The minimum absolute atomic E-state index is 0.591. The fraction of sp³-hybridized carbons (Fsp3) is 1.00. The van der Waals surface area contributed by atoms with Gasteiger partial charge in [-0.2, -0.15) is 0 Å². The van der Waals surface area contributed by atoms with Crippen LogP contribution in [0.25, 0.3) is 0 Å². The van der Waals surface area contributed by atoms with Crippen LogP contribution >= 0.6 is 0 Å². The highest BCUT2D eigenvalue weighted by atomic mass is 17.0. The zero-order chi connectivity index (χ0) is 8.32. The predicted octanol–water partition coefficient (Wildman–Crippen LogP) is 0.814. The van der Waals surface area contributed by atoms with E-state index in [1.807, 2.05) is 0 Å². The Morgan fingerprint density at radius 3 is 2.36 bits per heavy atom. The summed E-state index contributed by atoms with van der Waals surface area (Å²) in [6.45, 7) is 0. The molecule has 1 fully saturated rings. The van der Waals surface area contributed by atoms with Gasteiger partial charge in [-0.1, -0.05) is 6.42 Å². The van der Waals surface area contributed by atoms with Crippen LogP contribution in [0.3, 0.4) is 0 Å². The summed E-state index contributed by atoms with van der Waals surface area (Å²) >= 11 is 0. The highest BCUT2D eigenvalue weighted by Gasteiger charge is 2.31. The fourth-order valence-corrected chi connectivity index (χ4v) is 1.39. The Morgan fingerprint density at radius 1 is 1.36 bits per heavy atom. The second kappa shape index (κ2) is 3.04. The van der Waals surface area contributed by atoms with Crippen LogP contribution in [0.15, 0.2) is 0 Å². The van der Waals surface area contributed by atoms with Crippen molar-refractivity contribution in [3.05, 3.63) is 10.1 Å². The molecule has 0 spiro atoms. The van der Waals surface area contributed by atoms with E-state index in [4.69, 9.17) is 5.73 Å². The summed E-state index contributed by atoms with van der Waals surface area (Å²) in [7, 11) is 0. The van der Waals surface area contributed by atoms with Gasteiger partial charge in [0.1, 0.15) is 0 Å². The molecule has 5 heteroatoms. The molecule has 2 N–H and O–H groups in total. The van der Waals surface area contributed by atoms with Gasteiger partial charge in [0.25, 0.3) is 5.09 Å². The molecule has 0 bridgehead atoms. The van der Waals surface area contributed by atoms with Gasteiger partial charge in [0, 0.05) is 0 Å². The monoisotopic (exact) mass is 160 g/mol. The first-order valence-corrected chi connectivity index (χ1v) is 3.75. The molecule has 0 unspecified atom stereocenters. The van der Waals surface area contributed by atoms with E-state index in [9.17, 15) is 10.1 Å². The lowest BCUT2D eigenvalue weighted by Crippen LogP contribution is -2.45. The van der Waals surface area contributed by atoms with Crippen LogP contribution in [0.2, 0.25) is 0 Å². The van der Waals surface area contributed by atoms with Crippen LogP contribution in [0.4, 0.5) is 0 Å². The summed E-state index contributed by atoms with van der Waals surface area (Å²) in [6.07, 6.45) is 4.12. The quantitative estimate of drug-likeness (QED) is 0.368. The molecular weight excluding hydrogens is 148 g/mol. The van der Waals surface area contributed by atoms with Gasteiger partial charge in [-0.3, -0.25) is 4.84 Å². The average Bonchev–Trinajstić information content (AvgIpc) is 1.85. The lowest BCUT2D eigenvalue weighted by Gasteiger charge is -2.30. The predicted molar refractivity (Wildman–Crippen MR) is 38.1 cm³/mol. The van der Waals surface area contributed by atoms with Crippen molar-refractivity contribution in [1.82, 2.24) is 0 Å². The standard InChI is InChI=1S/C6H12N2O3/c7-6(11-8(9)10)4-2-1-3-5-6/h1-5,7H2. The molecule has 11 heavy (non-hydrogen) atoms. The first-order chi connectivity index (χ1) is 5.12. The van der Waals surface area contributed by atoms with Gasteiger partial charge in [0.05, 0.1) is 0 Å². The van der Waals surface area contributed by atoms with Crippen molar-refractivity contribution >= 4 is 0 Å². The number of hydrogen-bond donors (Lipinski definition) is 1.